The number of imide groups is 1. The highest BCUT2D eigenvalue weighted by molar-refractivity contribution is 6.36. The van der Waals surface area contributed by atoms with E-state index in [4.69, 9.17) is 13.9 Å². The number of anilines is 1. The van der Waals surface area contributed by atoms with Gasteiger partial charge in [0.15, 0.2) is 0 Å². The van der Waals surface area contributed by atoms with Crippen LogP contribution in [0.15, 0.2) is 71.0 Å². The number of aryl methyl sites for hydroxylation is 1. The number of ether oxygens (including phenoxy) is 2. The lowest BCUT2D eigenvalue weighted by atomic mass is 10.0. The maximum atomic E-state index is 13.3. The predicted octanol–water partition coefficient (Wildman–Crippen LogP) is 4.00. The number of nitrogens with zero attached hydrogens (tertiary/aromatic N) is 1. The number of carbonyl (C=O) groups is 2. The van der Waals surface area contributed by atoms with Crippen molar-refractivity contribution in [2.45, 2.75) is 13.5 Å². The molecule has 0 saturated heterocycles. The Morgan fingerprint density at radius 1 is 0.968 bits per heavy atom. The van der Waals surface area contributed by atoms with Gasteiger partial charge in [-0.2, -0.15) is 0 Å². The Morgan fingerprint density at radius 3 is 2.39 bits per heavy atom. The highest BCUT2D eigenvalue weighted by Crippen LogP contribution is 2.35. The zero-order valence-corrected chi connectivity index (χ0v) is 17.5. The summed E-state index contributed by atoms with van der Waals surface area (Å²) < 4.78 is 16.0. The van der Waals surface area contributed by atoms with Crippen molar-refractivity contribution >= 4 is 23.1 Å². The molecule has 31 heavy (non-hydrogen) atoms. The van der Waals surface area contributed by atoms with Crippen LogP contribution in [-0.4, -0.2) is 30.9 Å². The summed E-state index contributed by atoms with van der Waals surface area (Å²) in [5.41, 5.74) is 2.74. The monoisotopic (exact) mass is 418 g/mol. The van der Waals surface area contributed by atoms with Crippen molar-refractivity contribution in [3.63, 3.8) is 0 Å². The van der Waals surface area contributed by atoms with E-state index in [0.29, 0.717) is 34.1 Å². The highest BCUT2D eigenvalue weighted by atomic mass is 16.5. The Labute approximate surface area is 179 Å². The summed E-state index contributed by atoms with van der Waals surface area (Å²) in [5.74, 6) is 0.798. The molecule has 2 heterocycles. The van der Waals surface area contributed by atoms with Gasteiger partial charge in [0.25, 0.3) is 11.8 Å². The lowest BCUT2D eigenvalue weighted by Gasteiger charge is -2.15. The van der Waals surface area contributed by atoms with Crippen molar-refractivity contribution in [3.05, 3.63) is 83.4 Å². The van der Waals surface area contributed by atoms with E-state index < -0.39 is 5.91 Å². The van der Waals surface area contributed by atoms with Crippen LogP contribution < -0.4 is 14.8 Å². The number of carbonyl (C=O) groups excluding carboxylic acids is 2. The van der Waals surface area contributed by atoms with Gasteiger partial charge in [-0.1, -0.05) is 29.8 Å². The number of amides is 2. The van der Waals surface area contributed by atoms with E-state index in [1.807, 2.05) is 31.2 Å². The molecule has 0 bridgehead atoms. The van der Waals surface area contributed by atoms with Crippen molar-refractivity contribution in [2.24, 2.45) is 0 Å². The molecule has 7 nitrogen and oxygen atoms in total. The van der Waals surface area contributed by atoms with E-state index in [9.17, 15) is 9.59 Å². The fourth-order valence-corrected chi connectivity index (χ4v) is 3.42. The second-order valence-electron chi connectivity index (χ2n) is 7.08. The van der Waals surface area contributed by atoms with Crippen LogP contribution in [0.4, 0.5) is 5.69 Å². The molecule has 7 heteroatoms. The number of hydrogen-bond acceptors (Lipinski definition) is 6. The van der Waals surface area contributed by atoms with Gasteiger partial charge in [0.1, 0.15) is 23.0 Å². The van der Waals surface area contributed by atoms with Crippen LogP contribution in [0.3, 0.4) is 0 Å². The predicted molar refractivity (Wildman–Crippen MR) is 116 cm³/mol. The molecule has 0 fully saturated rings. The second kappa shape index (κ2) is 8.39. The standard InChI is InChI=1S/C24H22N2O5/c1-15-6-8-16(9-7-15)21-22(25-19-11-10-17(29-2)13-20(19)30-3)24(28)26(23(21)27)14-18-5-4-12-31-18/h4-13,25H,14H2,1-3H3. The molecule has 0 radical (unpaired) electrons. The Morgan fingerprint density at radius 2 is 1.74 bits per heavy atom. The van der Waals surface area contributed by atoms with E-state index in [0.717, 1.165) is 5.56 Å². The number of nitrogens with one attached hydrogen (secondary N) is 1. The van der Waals surface area contributed by atoms with Crippen molar-refractivity contribution in [1.29, 1.82) is 0 Å². The molecule has 4 rings (SSSR count). The lowest BCUT2D eigenvalue weighted by Crippen LogP contribution is -2.31. The fourth-order valence-electron chi connectivity index (χ4n) is 3.42. The first-order chi connectivity index (χ1) is 15.0. The molecule has 0 spiro atoms. The number of hydrogen-bond donors (Lipinski definition) is 1. The van der Waals surface area contributed by atoms with Gasteiger partial charge in [0.2, 0.25) is 0 Å². The molecule has 1 aliphatic rings. The average molecular weight is 418 g/mol. The fraction of sp³-hybridized carbons (Fsp3) is 0.167. The quantitative estimate of drug-likeness (QED) is 0.584. The molecule has 2 aromatic carbocycles. The molecule has 0 saturated carbocycles. The summed E-state index contributed by atoms with van der Waals surface area (Å²) in [5, 5.41) is 3.12. The van der Waals surface area contributed by atoms with Crippen LogP contribution in [-0.2, 0) is 16.1 Å². The van der Waals surface area contributed by atoms with Gasteiger partial charge in [0, 0.05) is 6.07 Å². The SMILES string of the molecule is COc1ccc(NC2=C(c3ccc(C)cc3)C(=O)N(Cc3ccco3)C2=O)c(OC)c1. The summed E-state index contributed by atoms with van der Waals surface area (Å²) in [6.07, 6.45) is 1.51. The zero-order chi connectivity index (χ0) is 22.0. The number of rotatable bonds is 7. The summed E-state index contributed by atoms with van der Waals surface area (Å²) >= 11 is 0. The van der Waals surface area contributed by atoms with Crippen LogP contribution in [0.1, 0.15) is 16.9 Å². The Bertz CT molecular complexity index is 1150. The molecular formula is C24H22N2O5. The van der Waals surface area contributed by atoms with Gasteiger partial charge in [-0.25, -0.2) is 0 Å². The smallest absolute Gasteiger partial charge is 0.278 e. The lowest BCUT2D eigenvalue weighted by molar-refractivity contribution is -0.137. The minimum Gasteiger partial charge on any atom is -0.497 e. The molecule has 1 N–H and O–H groups in total. The first-order valence-electron chi connectivity index (χ1n) is 9.70. The van der Waals surface area contributed by atoms with E-state index in [1.54, 1.807) is 37.4 Å². The van der Waals surface area contributed by atoms with Gasteiger partial charge in [-0.3, -0.25) is 14.5 Å². The molecule has 0 atom stereocenters. The summed E-state index contributed by atoms with van der Waals surface area (Å²) in [6.45, 7) is 2.01. The normalized spacial score (nSPS) is 13.7. The van der Waals surface area contributed by atoms with Crippen molar-refractivity contribution < 1.29 is 23.5 Å². The maximum absolute atomic E-state index is 13.3. The molecule has 0 aliphatic carbocycles. The summed E-state index contributed by atoms with van der Waals surface area (Å²) in [6, 6.07) is 16.1. The minimum absolute atomic E-state index is 0.0466. The van der Waals surface area contributed by atoms with Crippen LogP contribution in [0.5, 0.6) is 11.5 Å². The van der Waals surface area contributed by atoms with Crippen molar-refractivity contribution in [1.82, 2.24) is 4.90 Å². The number of methoxy groups -OCH3 is 2. The molecular weight excluding hydrogens is 396 g/mol. The molecule has 158 valence electrons. The van der Waals surface area contributed by atoms with Gasteiger partial charge >= 0.3 is 0 Å². The van der Waals surface area contributed by atoms with Crippen LogP contribution in [0, 0.1) is 6.92 Å². The van der Waals surface area contributed by atoms with E-state index in [-0.39, 0.29) is 18.1 Å². The first kappa shape index (κ1) is 20.3. The Balaban J connectivity index is 1.77. The minimum atomic E-state index is -0.435. The Hall–Kier alpha value is -4.00. The van der Waals surface area contributed by atoms with Gasteiger partial charge in [0.05, 0.1) is 38.3 Å². The largest absolute Gasteiger partial charge is 0.497 e. The van der Waals surface area contributed by atoms with Crippen molar-refractivity contribution in [2.75, 3.05) is 19.5 Å². The van der Waals surface area contributed by atoms with Crippen LogP contribution in [0.2, 0.25) is 0 Å². The second-order valence-corrected chi connectivity index (χ2v) is 7.08. The first-order valence-corrected chi connectivity index (χ1v) is 9.70. The summed E-state index contributed by atoms with van der Waals surface area (Å²) in [7, 11) is 3.09. The zero-order valence-electron chi connectivity index (χ0n) is 17.5. The molecule has 1 aromatic heterocycles. The molecule has 1 aliphatic heterocycles. The maximum Gasteiger partial charge on any atom is 0.278 e. The van der Waals surface area contributed by atoms with Gasteiger partial charge < -0.3 is 19.2 Å². The van der Waals surface area contributed by atoms with Crippen LogP contribution in [0.25, 0.3) is 5.57 Å². The third kappa shape index (κ3) is 3.90. The number of benzene rings is 2. The van der Waals surface area contributed by atoms with Crippen LogP contribution >= 0.6 is 0 Å². The highest BCUT2D eigenvalue weighted by Gasteiger charge is 2.39. The molecule has 2 amide bonds. The third-order valence-electron chi connectivity index (χ3n) is 5.07. The van der Waals surface area contributed by atoms with E-state index >= 15 is 0 Å². The van der Waals surface area contributed by atoms with Crippen molar-refractivity contribution in [3.8, 4) is 11.5 Å². The molecule has 3 aromatic rings. The van der Waals surface area contributed by atoms with E-state index in [2.05, 4.69) is 5.32 Å². The van der Waals surface area contributed by atoms with E-state index in [1.165, 1.54) is 18.3 Å². The average Bonchev–Trinajstić information content (AvgIpc) is 3.38. The third-order valence-corrected chi connectivity index (χ3v) is 5.07. The van der Waals surface area contributed by atoms with Gasteiger partial charge in [-0.15, -0.1) is 0 Å². The Kier molecular flexibility index (Phi) is 5.49. The number of furan rings is 1. The molecule has 0 unspecified atom stereocenters. The summed E-state index contributed by atoms with van der Waals surface area (Å²) in [4.78, 5) is 27.8. The topological polar surface area (TPSA) is 81.0 Å². The van der Waals surface area contributed by atoms with Gasteiger partial charge in [-0.05, 0) is 36.8 Å².